The number of para-hydroxylation sites is 2. The molecule has 0 aliphatic carbocycles. The Balaban J connectivity index is 1.97. The normalized spacial score (nSPS) is 10.7. The number of aliphatic hydroxyl groups excluding tert-OH is 1. The Morgan fingerprint density at radius 2 is 1.85 bits per heavy atom. The molecule has 0 atom stereocenters. The van der Waals surface area contributed by atoms with Crippen molar-refractivity contribution in [1.29, 1.82) is 0 Å². The van der Waals surface area contributed by atoms with Crippen LogP contribution in [0.4, 0.5) is 5.69 Å². The van der Waals surface area contributed by atoms with E-state index < -0.39 is 0 Å². The first-order chi connectivity index (χ1) is 9.85. The van der Waals surface area contributed by atoms with Gasteiger partial charge in [0.05, 0.1) is 13.7 Å². The molecule has 0 aliphatic rings. The first-order valence-electron chi connectivity index (χ1n) is 6.57. The van der Waals surface area contributed by atoms with Gasteiger partial charge in [-0.15, -0.1) is 0 Å². The van der Waals surface area contributed by atoms with Crippen molar-refractivity contribution in [3.05, 3.63) is 65.7 Å². The molecule has 0 saturated heterocycles. The third kappa shape index (κ3) is 3.62. The van der Waals surface area contributed by atoms with E-state index >= 15 is 0 Å². The van der Waals surface area contributed by atoms with Crippen molar-refractivity contribution in [3.63, 3.8) is 0 Å². The molecular weight excluding hydrogens is 250 g/mol. The van der Waals surface area contributed by atoms with E-state index in [1.165, 1.54) is 0 Å². The van der Waals surface area contributed by atoms with Crippen LogP contribution < -0.4 is 10.1 Å². The van der Waals surface area contributed by atoms with Crippen LogP contribution in [0.25, 0.3) is 6.08 Å². The molecule has 0 spiro atoms. The molecule has 0 radical (unpaired) electrons. The van der Waals surface area contributed by atoms with E-state index in [9.17, 15) is 5.11 Å². The Kier molecular flexibility index (Phi) is 5.21. The highest BCUT2D eigenvalue weighted by atomic mass is 16.5. The van der Waals surface area contributed by atoms with Crippen LogP contribution in [-0.2, 0) is 6.61 Å². The van der Waals surface area contributed by atoms with E-state index in [1.807, 2.05) is 60.7 Å². The SMILES string of the molecule is COc1ccccc1C=CCNc1ccccc1CO. The zero-order valence-electron chi connectivity index (χ0n) is 11.5. The third-order valence-corrected chi connectivity index (χ3v) is 3.03. The van der Waals surface area contributed by atoms with Gasteiger partial charge in [-0.05, 0) is 12.1 Å². The summed E-state index contributed by atoms with van der Waals surface area (Å²) in [5, 5.41) is 12.5. The molecule has 104 valence electrons. The van der Waals surface area contributed by atoms with E-state index in [0.717, 1.165) is 22.6 Å². The van der Waals surface area contributed by atoms with Gasteiger partial charge in [0.15, 0.2) is 0 Å². The maximum absolute atomic E-state index is 9.25. The molecule has 3 nitrogen and oxygen atoms in total. The second-order valence-corrected chi connectivity index (χ2v) is 4.34. The van der Waals surface area contributed by atoms with Gasteiger partial charge in [0, 0.05) is 23.4 Å². The highest BCUT2D eigenvalue weighted by Gasteiger charge is 1.98. The van der Waals surface area contributed by atoms with Crippen LogP contribution in [0, 0.1) is 0 Å². The van der Waals surface area contributed by atoms with Gasteiger partial charge >= 0.3 is 0 Å². The highest BCUT2D eigenvalue weighted by Crippen LogP contribution is 2.19. The fourth-order valence-corrected chi connectivity index (χ4v) is 1.99. The van der Waals surface area contributed by atoms with Crippen molar-refractivity contribution in [1.82, 2.24) is 0 Å². The summed E-state index contributed by atoms with van der Waals surface area (Å²) in [5.74, 6) is 0.861. The summed E-state index contributed by atoms with van der Waals surface area (Å²) >= 11 is 0. The molecule has 0 saturated carbocycles. The van der Waals surface area contributed by atoms with Gasteiger partial charge in [0.2, 0.25) is 0 Å². The molecule has 2 N–H and O–H groups in total. The Morgan fingerprint density at radius 3 is 2.65 bits per heavy atom. The van der Waals surface area contributed by atoms with E-state index in [2.05, 4.69) is 5.32 Å². The molecule has 3 heteroatoms. The van der Waals surface area contributed by atoms with Crippen molar-refractivity contribution in [2.45, 2.75) is 6.61 Å². The van der Waals surface area contributed by atoms with Crippen molar-refractivity contribution in [2.24, 2.45) is 0 Å². The largest absolute Gasteiger partial charge is 0.496 e. The van der Waals surface area contributed by atoms with Crippen LogP contribution in [0.15, 0.2) is 54.6 Å². The first-order valence-corrected chi connectivity index (χ1v) is 6.57. The zero-order chi connectivity index (χ0) is 14.2. The second-order valence-electron chi connectivity index (χ2n) is 4.34. The fourth-order valence-electron chi connectivity index (χ4n) is 1.99. The number of rotatable bonds is 6. The lowest BCUT2D eigenvalue weighted by atomic mass is 10.1. The summed E-state index contributed by atoms with van der Waals surface area (Å²) < 4.78 is 5.29. The zero-order valence-corrected chi connectivity index (χ0v) is 11.5. The second kappa shape index (κ2) is 7.36. The number of hydrogen-bond donors (Lipinski definition) is 2. The summed E-state index contributed by atoms with van der Waals surface area (Å²) in [6, 6.07) is 15.6. The van der Waals surface area contributed by atoms with Crippen molar-refractivity contribution >= 4 is 11.8 Å². The maximum atomic E-state index is 9.25. The predicted octanol–water partition coefficient (Wildman–Crippen LogP) is 3.31. The van der Waals surface area contributed by atoms with E-state index in [-0.39, 0.29) is 6.61 Å². The van der Waals surface area contributed by atoms with Crippen LogP contribution in [0.1, 0.15) is 11.1 Å². The van der Waals surface area contributed by atoms with Crippen LogP contribution in [-0.4, -0.2) is 18.8 Å². The number of nitrogens with one attached hydrogen (secondary N) is 1. The van der Waals surface area contributed by atoms with Gasteiger partial charge in [-0.1, -0.05) is 48.6 Å². The first kappa shape index (κ1) is 14.2. The lowest BCUT2D eigenvalue weighted by Crippen LogP contribution is -2.01. The van der Waals surface area contributed by atoms with Crippen LogP contribution >= 0.6 is 0 Å². The predicted molar refractivity (Wildman–Crippen MR) is 82.9 cm³/mol. The number of aliphatic hydroxyl groups is 1. The number of benzene rings is 2. The van der Waals surface area contributed by atoms with Crippen LogP contribution in [0.5, 0.6) is 5.75 Å². The number of methoxy groups -OCH3 is 1. The molecular formula is C17H19NO2. The van der Waals surface area contributed by atoms with Crippen molar-refractivity contribution < 1.29 is 9.84 Å². The molecule has 20 heavy (non-hydrogen) atoms. The van der Waals surface area contributed by atoms with E-state index in [4.69, 9.17) is 4.74 Å². The molecule has 0 aliphatic heterocycles. The summed E-state index contributed by atoms with van der Waals surface area (Å²) in [4.78, 5) is 0. The fraction of sp³-hybridized carbons (Fsp3) is 0.176. The van der Waals surface area contributed by atoms with Gasteiger partial charge in [0.1, 0.15) is 5.75 Å². The topological polar surface area (TPSA) is 41.5 Å². The average molecular weight is 269 g/mol. The van der Waals surface area contributed by atoms with Crippen LogP contribution in [0.2, 0.25) is 0 Å². The Hall–Kier alpha value is -2.26. The average Bonchev–Trinajstić information content (AvgIpc) is 2.52. The molecule has 2 aromatic rings. The minimum atomic E-state index is 0.0411. The van der Waals surface area contributed by atoms with Gasteiger partial charge < -0.3 is 15.2 Å². The Morgan fingerprint density at radius 1 is 1.10 bits per heavy atom. The summed E-state index contributed by atoms with van der Waals surface area (Å²) in [6.45, 7) is 0.731. The minimum Gasteiger partial charge on any atom is -0.496 e. The quantitative estimate of drug-likeness (QED) is 0.845. The molecule has 0 bridgehead atoms. The van der Waals surface area contributed by atoms with E-state index in [1.54, 1.807) is 7.11 Å². The molecule has 2 aromatic carbocycles. The highest BCUT2D eigenvalue weighted by molar-refractivity contribution is 5.58. The van der Waals surface area contributed by atoms with Gasteiger partial charge in [-0.3, -0.25) is 0 Å². The standard InChI is InChI=1S/C17H19NO2/c1-20-17-11-5-3-7-14(17)9-6-12-18-16-10-4-2-8-15(16)13-19/h2-11,18-19H,12-13H2,1H3. The number of anilines is 1. The van der Waals surface area contributed by atoms with E-state index in [0.29, 0.717) is 6.54 Å². The lowest BCUT2D eigenvalue weighted by Gasteiger charge is -2.08. The number of ether oxygens (including phenoxy) is 1. The third-order valence-electron chi connectivity index (χ3n) is 3.03. The summed E-state index contributed by atoms with van der Waals surface area (Å²) in [5.41, 5.74) is 2.91. The molecule has 0 aromatic heterocycles. The van der Waals surface area contributed by atoms with Crippen LogP contribution in [0.3, 0.4) is 0 Å². The summed E-state index contributed by atoms with van der Waals surface area (Å²) in [6.07, 6.45) is 4.05. The maximum Gasteiger partial charge on any atom is 0.126 e. The summed E-state index contributed by atoms with van der Waals surface area (Å²) in [7, 11) is 1.67. The Bertz CT molecular complexity index is 579. The smallest absolute Gasteiger partial charge is 0.126 e. The van der Waals surface area contributed by atoms with Gasteiger partial charge in [-0.25, -0.2) is 0 Å². The molecule has 0 fully saturated rings. The molecule has 0 amide bonds. The number of hydrogen-bond acceptors (Lipinski definition) is 3. The lowest BCUT2D eigenvalue weighted by molar-refractivity contribution is 0.282. The minimum absolute atomic E-state index is 0.0411. The van der Waals surface area contributed by atoms with Gasteiger partial charge in [-0.2, -0.15) is 0 Å². The molecule has 0 unspecified atom stereocenters. The monoisotopic (exact) mass is 269 g/mol. The van der Waals surface area contributed by atoms with Gasteiger partial charge in [0.25, 0.3) is 0 Å². The van der Waals surface area contributed by atoms with Crippen molar-refractivity contribution in [2.75, 3.05) is 19.0 Å². The van der Waals surface area contributed by atoms with Crippen molar-refractivity contribution in [3.8, 4) is 5.75 Å². The Labute approximate surface area is 119 Å². The molecule has 0 heterocycles. The molecule has 2 rings (SSSR count).